The Labute approximate surface area is 388 Å². The number of aliphatic hydroxyl groups is 2. The fraction of sp³-hybridized carbons (Fsp3) is 0.531. The third kappa shape index (κ3) is 9.37. The smallest absolute Gasteiger partial charge is 0.305 e. The van der Waals surface area contributed by atoms with Crippen LogP contribution in [0.1, 0.15) is 89.2 Å². The molecule has 4 aliphatic carbocycles. The summed E-state index contributed by atoms with van der Waals surface area (Å²) < 4.78 is 13.4. The van der Waals surface area contributed by atoms with Crippen LogP contribution in [0.25, 0.3) is 0 Å². The molecule has 4 amide bonds. The van der Waals surface area contributed by atoms with Gasteiger partial charge in [-0.25, -0.2) is 0 Å². The highest BCUT2D eigenvalue weighted by molar-refractivity contribution is 7.99. The van der Waals surface area contributed by atoms with E-state index in [1.54, 1.807) is 30.5 Å². The second-order valence-electron chi connectivity index (χ2n) is 18.8. The summed E-state index contributed by atoms with van der Waals surface area (Å²) >= 11 is 1.09. The maximum Gasteiger partial charge on any atom is 0.305 e. The van der Waals surface area contributed by atoms with Gasteiger partial charge in [-0.2, -0.15) is 11.8 Å². The second kappa shape index (κ2) is 19.6. The van der Waals surface area contributed by atoms with Crippen molar-refractivity contribution in [1.29, 1.82) is 0 Å². The molecule has 7 N–H and O–H groups in total. The molecule has 3 saturated carbocycles. The summed E-state index contributed by atoms with van der Waals surface area (Å²) in [7, 11) is 0. The average Bonchev–Trinajstić information content (AvgIpc) is 3.78. The van der Waals surface area contributed by atoms with Crippen LogP contribution in [0.2, 0.25) is 0 Å². The van der Waals surface area contributed by atoms with Crippen LogP contribution in [0.4, 0.5) is 5.69 Å². The molecule has 17 heteroatoms. The number of allylic oxidation sites excluding steroid dienone is 4. The van der Waals surface area contributed by atoms with Crippen molar-refractivity contribution in [2.75, 3.05) is 24.7 Å². The number of aliphatic carboxylic acids is 1. The quantitative estimate of drug-likeness (QED) is 0.120. The van der Waals surface area contributed by atoms with Gasteiger partial charge in [-0.3, -0.25) is 33.6 Å². The molecule has 1 saturated heterocycles. The van der Waals surface area contributed by atoms with E-state index in [2.05, 4.69) is 28.2 Å². The molecule has 0 bridgehead atoms. The van der Waals surface area contributed by atoms with Crippen molar-refractivity contribution in [2.24, 2.45) is 28.6 Å². The van der Waals surface area contributed by atoms with Crippen molar-refractivity contribution < 1.29 is 58.4 Å². The van der Waals surface area contributed by atoms with Crippen LogP contribution in [0.15, 0.2) is 72.3 Å². The van der Waals surface area contributed by atoms with Crippen molar-refractivity contribution in [3.8, 4) is 0 Å². The number of anilines is 1. The lowest BCUT2D eigenvalue weighted by Gasteiger charge is -2.59. The number of carbonyl (C=O) groups is 7. The number of amides is 4. The zero-order valence-corrected chi connectivity index (χ0v) is 38.7. The number of hydrogen-bond donors (Lipinski definition) is 7. The normalized spacial score (nSPS) is 30.8. The van der Waals surface area contributed by atoms with E-state index in [0.717, 1.165) is 41.3 Å². The highest BCUT2D eigenvalue weighted by Crippen LogP contribution is 2.70. The van der Waals surface area contributed by atoms with E-state index in [1.807, 2.05) is 49.4 Å². The first-order valence-corrected chi connectivity index (χ1v) is 23.8. The molecule has 1 unspecified atom stereocenters. The van der Waals surface area contributed by atoms with E-state index in [0.29, 0.717) is 24.1 Å². The Hall–Kier alpha value is -5.20. The Morgan fingerprint density at radius 3 is 2.38 bits per heavy atom. The number of carboxylic acid groups (broad SMARTS) is 1. The lowest BCUT2D eigenvalue weighted by molar-refractivity contribution is -0.201. The van der Waals surface area contributed by atoms with Crippen molar-refractivity contribution in [1.82, 2.24) is 16.0 Å². The van der Waals surface area contributed by atoms with Gasteiger partial charge in [0.25, 0.3) is 0 Å². The minimum atomic E-state index is -1.45. The minimum Gasteiger partial charge on any atom is -0.481 e. The van der Waals surface area contributed by atoms with E-state index in [9.17, 15) is 43.8 Å². The van der Waals surface area contributed by atoms with Crippen LogP contribution in [0.5, 0.6) is 0 Å². The number of rotatable bonds is 17. The molecule has 2 aromatic rings. The molecule has 7 rings (SSSR count). The van der Waals surface area contributed by atoms with E-state index < -0.39 is 94.3 Å². The first kappa shape index (κ1) is 48.7. The summed E-state index contributed by atoms with van der Waals surface area (Å²) in [6, 6.07) is 13.0. The number of Topliss-reactive ketones (excluding diaryl/α,β-unsaturated/α-hetero) is 1. The van der Waals surface area contributed by atoms with E-state index in [1.165, 1.54) is 13.8 Å². The summed E-state index contributed by atoms with van der Waals surface area (Å²) in [5.41, 5.74) is 1.38. The summed E-state index contributed by atoms with van der Waals surface area (Å²) in [6.07, 6.45) is 6.97. The van der Waals surface area contributed by atoms with Gasteiger partial charge in [0, 0.05) is 41.0 Å². The van der Waals surface area contributed by atoms with Gasteiger partial charge in [0.05, 0.1) is 23.9 Å². The van der Waals surface area contributed by atoms with Crippen molar-refractivity contribution in [3.63, 3.8) is 0 Å². The van der Waals surface area contributed by atoms with Crippen LogP contribution < -0.4 is 21.3 Å². The summed E-state index contributed by atoms with van der Waals surface area (Å²) in [6.45, 7) is 6.33. The van der Waals surface area contributed by atoms with Crippen LogP contribution in [0, 0.1) is 28.6 Å². The number of ether oxygens (including phenoxy) is 2. The van der Waals surface area contributed by atoms with Gasteiger partial charge in [0.2, 0.25) is 23.6 Å². The van der Waals surface area contributed by atoms with Crippen LogP contribution in [-0.4, -0.2) is 111 Å². The van der Waals surface area contributed by atoms with Crippen molar-refractivity contribution in [2.45, 2.75) is 114 Å². The third-order valence-corrected chi connectivity index (χ3v) is 15.7. The van der Waals surface area contributed by atoms with Crippen molar-refractivity contribution >= 4 is 58.6 Å². The fourth-order valence-corrected chi connectivity index (χ4v) is 12.1. The average molecular weight is 929 g/mol. The number of benzene rings is 2. The number of fused-ring (bicyclic) bond motifs is 7. The van der Waals surface area contributed by atoms with Gasteiger partial charge in [-0.1, -0.05) is 61.9 Å². The van der Waals surface area contributed by atoms with Gasteiger partial charge >= 0.3 is 5.97 Å². The molecule has 0 radical (unpaired) electrons. The standard InChI is InChI=1S/C49H60N4O12S/c1-26(51-40(58)16-18-50-45(63)37(66-5)23-41(59)60)43(61)52-27(2)44(62)53-32-8-6-7-29(20-32)19-28-9-11-30(12-10-28)46-64-39-22-35-34-14-13-31-21-33(55)15-17-47(31,3)42(34)36(56)24-48(35,4)49(39,65-46)38(57)25-54/h6-12,15,17,20-21,26-27,34-37,39,42,46,54,56H,13-14,16,18-19,22-25H2,1-5H3,(H,50,63)(H,51,58)(H,52,61)(H,53,62)(H,59,60)/t26-,27-,34-,35-,36-,37?,39+,42+,46+,47-,48-,49+/m0/s1. The number of carboxylic acids is 1. The van der Waals surface area contributed by atoms with Gasteiger partial charge in [-0.15, -0.1) is 0 Å². The fourth-order valence-electron chi connectivity index (χ4n) is 11.5. The Bertz CT molecular complexity index is 2320. The van der Waals surface area contributed by atoms with Gasteiger partial charge in [0.15, 0.2) is 23.5 Å². The molecule has 12 atom stereocenters. The lowest BCUT2D eigenvalue weighted by Crippen LogP contribution is -2.63. The Morgan fingerprint density at radius 1 is 0.955 bits per heavy atom. The molecule has 66 heavy (non-hydrogen) atoms. The molecule has 16 nitrogen and oxygen atoms in total. The predicted molar refractivity (Wildman–Crippen MR) is 244 cm³/mol. The lowest BCUT2D eigenvalue weighted by atomic mass is 9.46. The molecule has 2 aromatic carbocycles. The second-order valence-corrected chi connectivity index (χ2v) is 19.9. The maximum absolute atomic E-state index is 14.0. The Morgan fingerprint density at radius 2 is 1.68 bits per heavy atom. The molecule has 354 valence electrons. The SMILES string of the molecule is CSC(CC(=O)O)C(=O)NCCC(=O)N[C@@H](C)C(=O)N[C@@H](C)C(=O)Nc1cccc(Cc2ccc([C@@H]3O[C@@H]4C[C@H]5[C@@H]6CCC7=CC(=O)C=C[C@]7(C)[C@H]6[C@@H](O)C[C@]5(C)[C@]4(C(=O)CO)O3)cc2)c1. The molecule has 1 aliphatic heterocycles. The topological polar surface area (TPSA) is 247 Å². The minimum absolute atomic E-state index is 0.0151. The predicted octanol–water partition coefficient (Wildman–Crippen LogP) is 3.54. The molecule has 0 aromatic heterocycles. The van der Waals surface area contributed by atoms with Crippen LogP contribution >= 0.6 is 11.8 Å². The van der Waals surface area contributed by atoms with Gasteiger partial charge < -0.3 is 46.1 Å². The number of thioether (sulfide) groups is 1. The third-order valence-electron chi connectivity index (χ3n) is 14.8. The molecular weight excluding hydrogens is 869 g/mol. The number of aliphatic hydroxyl groups excluding tert-OH is 2. The van der Waals surface area contributed by atoms with Crippen molar-refractivity contribution in [3.05, 3.63) is 89.0 Å². The molecular formula is C49H60N4O12S. The zero-order chi connectivity index (χ0) is 47.7. The molecule has 5 aliphatic rings. The maximum atomic E-state index is 14.0. The van der Waals surface area contributed by atoms with E-state index in [4.69, 9.17) is 14.6 Å². The first-order chi connectivity index (χ1) is 31.3. The Kier molecular flexibility index (Phi) is 14.4. The highest BCUT2D eigenvalue weighted by Gasteiger charge is 2.76. The van der Waals surface area contributed by atoms with Crippen LogP contribution in [0.3, 0.4) is 0 Å². The highest BCUT2D eigenvalue weighted by atomic mass is 32.2. The number of ketones is 2. The van der Waals surface area contributed by atoms with Gasteiger partial charge in [-0.05, 0) is 99.5 Å². The number of hydrogen-bond acceptors (Lipinski definition) is 12. The molecule has 0 spiro atoms. The number of nitrogens with one attached hydrogen (secondary N) is 4. The first-order valence-electron chi connectivity index (χ1n) is 22.5. The summed E-state index contributed by atoms with van der Waals surface area (Å²) in [4.78, 5) is 87.7. The Balaban J connectivity index is 0.922. The van der Waals surface area contributed by atoms with Crippen LogP contribution in [-0.2, 0) is 49.5 Å². The zero-order valence-electron chi connectivity index (χ0n) is 37.8. The molecule has 4 fully saturated rings. The van der Waals surface area contributed by atoms with E-state index >= 15 is 0 Å². The summed E-state index contributed by atoms with van der Waals surface area (Å²) in [5.74, 6) is -3.76. The number of carbonyl (C=O) groups excluding carboxylic acids is 6. The monoisotopic (exact) mass is 928 g/mol. The molecule has 1 heterocycles. The largest absolute Gasteiger partial charge is 0.481 e. The van der Waals surface area contributed by atoms with E-state index in [-0.39, 0.29) is 49.3 Å². The summed E-state index contributed by atoms with van der Waals surface area (Å²) in [5, 5.41) is 41.0. The van der Waals surface area contributed by atoms with Gasteiger partial charge in [0.1, 0.15) is 18.7 Å².